The highest BCUT2D eigenvalue weighted by atomic mass is 35.5. The van der Waals surface area contributed by atoms with Crippen molar-refractivity contribution in [1.82, 2.24) is 4.90 Å². The van der Waals surface area contributed by atoms with Gasteiger partial charge >= 0.3 is 0 Å². The van der Waals surface area contributed by atoms with Crippen molar-refractivity contribution < 1.29 is 4.74 Å². The van der Waals surface area contributed by atoms with E-state index in [-0.39, 0.29) is 11.4 Å². The van der Waals surface area contributed by atoms with Gasteiger partial charge in [-0.15, -0.1) is 23.2 Å². The van der Waals surface area contributed by atoms with E-state index in [4.69, 9.17) is 39.5 Å². The average Bonchev–Trinajstić information content (AvgIpc) is 2.36. The fourth-order valence-electron chi connectivity index (χ4n) is 1.77. The van der Waals surface area contributed by atoms with Gasteiger partial charge in [0.05, 0.1) is 18.0 Å². The molecule has 0 heterocycles. The first-order valence-corrected chi connectivity index (χ1v) is 7.09. The molecule has 0 aliphatic carbocycles. The molecule has 2 nitrogen and oxygen atoms in total. The summed E-state index contributed by atoms with van der Waals surface area (Å²) in [5.41, 5.74) is 1.03. The molecule has 0 saturated heterocycles. The first-order valence-electron chi connectivity index (χ1n) is 5.74. The van der Waals surface area contributed by atoms with Crippen molar-refractivity contribution in [2.75, 3.05) is 33.2 Å². The van der Waals surface area contributed by atoms with Crippen molar-refractivity contribution in [3.8, 4) is 0 Å². The number of hydrogen-bond donors (Lipinski definition) is 0. The molecule has 1 aromatic rings. The molecule has 0 spiro atoms. The van der Waals surface area contributed by atoms with Crippen LogP contribution in [0.2, 0.25) is 5.02 Å². The minimum Gasteiger partial charge on any atom is -0.383 e. The van der Waals surface area contributed by atoms with Crippen molar-refractivity contribution in [3.05, 3.63) is 34.9 Å². The van der Waals surface area contributed by atoms with Gasteiger partial charge in [0.15, 0.2) is 0 Å². The lowest BCUT2D eigenvalue weighted by Gasteiger charge is -2.30. The lowest BCUT2D eigenvalue weighted by Crippen LogP contribution is -2.39. The number of likely N-dealkylation sites (N-methyl/N-ethyl adjacent to an activating group) is 1. The predicted octanol–water partition coefficient (Wildman–Crippen LogP) is 3.81. The van der Waals surface area contributed by atoms with E-state index in [2.05, 4.69) is 4.90 Å². The van der Waals surface area contributed by atoms with Crippen LogP contribution >= 0.6 is 34.8 Å². The maximum absolute atomic E-state index is 6.53. The topological polar surface area (TPSA) is 12.5 Å². The predicted molar refractivity (Wildman–Crippen MR) is 79.1 cm³/mol. The normalized spacial score (nSPS) is 14.8. The fourth-order valence-corrected chi connectivity index (χ4v) is 2.58. The Morgan fingerprint density at radius 2 is 1.89 bits per heavy atom. The van der Waals surface area contributed by atoms with E-state index in [1.807, 2.05) is 31.3 Å². The molecule has 0 radical (unpaired) electrons. The molecule has 5 heteroatoms. The van der Waals surface area contributed by atoms with Gasteiger partial charge in [-0.3, -0.25) is 4.90 Å². The molecule has 1 rings (SSSR count). The Hall–Kier alpha value is 0.01000. The summed E-state index contributed by atoms with van der Waals surface area (Å²) in [6, 6.07) is 7.65. The molecule has 0 aromatic heterocycles. The van der Waals surface area contributed by atoms with Crippen LogP contribution in [0.4, 0.5) is 0 Å². The largest absolute Gasteiger partial charge is 0.383 e. The van der Waals surface area contributed by atoms with Crippen LogP contribution in [-0.2, 0) is 4.74 Å². The molecule has 0 bridgehead atoms. The molecule has 0 amide bonds. The van der Waals surface area contributed by atoms with Gasteiger partial charge in [0.2, 0.25) is 0 Å². The summed E-state index contributed by atoms with van der Waals surface area (Å²) in [7, 11) is 3.67. The third-order valence-electron chi connectivity index (χ3n) is 2.87. The van der Waals surface area contributed by atoms with Gasteiger partial charge in [-0.2, -0.15) is 0 Å². The van der Waals surface area contributed by atoms with Crippen LogP contribution in [0.5, 0.6) is 0 Å². The number of hydrogen-bond acceptors (Lipinski definition) is 2. The molecule has 1 aromatic carbocycles. The summed E-state index contributed by atoms with van der Waals surface area (Å²) in [6.07, 6.45) is 0. The van der Waals surface area contributed by atoms with E-state index in [1.54, 1.807) is 7.11 Å². The fraction of sp³-hybridized carbons (Fsp3) is 0.538. The van der Waals surface area contributed by atoms with Gasteiger partial charge in [0.25, 0.3) is 0 Å². The summed E-state index contributed by atoms with van der Waals surface area (Å²) >= 11 is 18.2. The van der Waals surface area contributed by atoms with E-state index in [0.29, 0.717) is 17.5 Å². The zero-order valence-electron chi connectivity index (χ0n) is 10.6. The van der Waals surface area contributed by atoms with Gasteiger partial charge < -0.3 is 4.74 Å². The molecular weight excluding hydrogens is 293 g/mol. The first-order chi connectivity index (χ1) is 8.60. The van der Waals surface area contributed by atoms with Gasteiger partial charge in [-0.1, -0.05) is 23.7 Å². The Morgan fingerprint density at radius 3 is 2.39 bits per heavy atom. The Bertz CT molecular complexity index is 345. The average molecular weight is 311 g/mol. The minimum atomic E-state index is -0.157. The molecule has 0 N–H and O–H groups in total. The smallest absolute Gasteiger partial charge is 0.0762 e. The molecule has 0 aliphatic heterocycles. The number of methoxy groups -OCH3 is 1. The van der Waals surface area contributed by atoms with Gasteiger partial charge in [-0.25, -0.2) is 0 Å². The van der Waals surface area contributed by atoms with Crippen LogP contribution < -0.4 is 0 Å². The van der Waals surface area contributed by atoms with Crippen molar-refractivity contribution in [2.24, 2.45) is 0 Å². The first kappa shape index (κ1) is 16.1. The van der Waals surface area contributed by atoms with Crippen molar-refractivity contribution in [3.63, 3.8) is 0 Å². The van der Waals surface area contributed by atoms with E-state index in [0.717, 1.165) is 12.1 Å². The second-order valence-corrected chi connectivity index (χ2v) is 5.43. The number of benzene rings is 1. The Labute approximate surface area is 124 Å². The van der Waals surface area contributed by atoms with Crippen molar-refractivity contribution in [1.29, 1.82) is 0 Å². The molecule has 2 unspecified atom stereocenters. The maximum atomic E-state index is 6.53. The Morgan fingerprint density at radius 1 is 1.28 bits per heavy atom. The van der Waals surface area contributed by atoms with Crippen LogP contribution in [0.3, 0.4) is 0 Å². The quantitative estimate of drug-likeness (QED) is 0.710. The monoisotopic (exact) mass is 309 g/mol. The van der Waals surface area contributed by atoms with Gasteiger partial charge in [-0.05, 0) is 24.7 Å². The number of alkyl halides is 2. The van der Waals surface area contributed by atoms with Crippen LogP contribution in [0.15, 0.2) is 24.3 Å². The Kier molecular flexibility index (Phi) is 7.35. The van der Waals surface area contributed by atoms with Gasteiger partial charge in [0, 0.05) is 24.6 Å². The van der Waals surface area contributed by atoms with E-state index in [1.165, 1.54) is 0 Å². The van der Waals surface area contributed by atoms with Crippen LogP contribution in [0.1, 0.15) is 10.9 Å². The molecular formula is C13H18Cl3NO. The SMILES string of the molecule is COCC(C(Cl)c1ccc(Cl)cc1)N(C)CCCl. The number of rotatable bonds is 7. The van der Waals surface area contributed by atoms with Crippen LogP contribution in [-0.4, -0.2) is 44.1 Å². The maximum Gasteiger partial charge on any atom is 0.0762 e. The summed E-state index contributed by atoms with van der Waals surface area (Å²) in [5.74, 6) is 0.570. The van der Waals surface area contributed by atoms with Crippen LogP contribution in [0, 0.1) is 0 Å². The molecule has 0 saturated carbocycles. The highest BCUT2D eigenvalue weighted by molar-refractivity contribution is 6.30. The van der Waals surface area contributed by atoms with E-state index < -0.39 is 0 Å². The molecule has 0 fully saturated rings. The second-order valence-electron chi connectivity index (χ2n) is 4.15. The molecule has 2 atom stereocenters. The molecule has 18 heavy (non-hydrogen) atoms. The van der Waals surface area contributed by atoms with E-state index in [9.17, 15) is 0 Å². The third kappa shape index (κ3) is 4.60. The summed E-state index contributed by atoms with van der Waals surface area (Å²) in [5, 5.41) is 0.551. The third-order valence-corrected chi connectivity index (χ3v) is 3.83. The zero-order valence-corrected chi connectivity index (χ0v) is 12.8. The van der Waals surface area contributed by atoms with E-state index >= 15 is 0 Å². The zero-order chi connectivity index (χ0) is 13.5. The molecule has 102 valence electrons. The standard InChI is InChI=1S/C13H18Cl3NO/c1-17(8-7-14)12(9-18-2)13(16)10-3-5-11(15)6-4-10/h3-6,12-13H,7-9H2,1-2H3. The number of halogens is 3. The lowest BCUT2D eigenvalue weighted by atomic mass is 10.0. The minimum absolute atomic E-state index is 0.0802. The second kappa shape index (κ2) is 8.23. The Balaban J connectivity index is 2.80. The van der Waals surface area contributed by atoms with Crippen LogP contribution in [0.25, 0.3) is 0 Å². The summed E-state index contributed by atoms with van der Waals surface area (Å²) < 4.78 is 5.24. The summed E-state index contributed by atoms with van der Waals surface area (Å²) in [4.78, 5) is 2.11. The van der Waals surface area contributed by atoms with Gasteiger partial charge in [0.1, 0.15) is 0 Å². The number of nitrogens with zero attached hydrogens (tertiary/aromatic N) is 1. The van der Waals surface area contributed by atoms with Crippen molar-refractivity contribution in [2.45, 2.75) is 11.4 Å². The lowest BCUT2D eigenvalue weighted by molar-refractivity contribution is 0.107. The number of ether oxygens (including phenoxy) is 1. The molecule has 0 aliphatic rings. The van der Waals surface area contributed by atoms with Crippen molar-refractivity contribution >= 4 is 34.8 Å². The highest BCUT2D eigenvalue weighted by Gasteiger charge is 2.24. The highest BCUT2D eigenvalue weighted by Crippen LogP contribution is 2.28. The summed E-state index contributed by atoms with van der Waals surface area (Å²) in [6.45, 7) is 1.33.